The maximum Gasteiger partial charge on any atom is 0.276 e. The van der Waals surface area contributed by atoms with E-state index in [1.807, 2.05) is 0 Å². The van der Waals surface area contributed by atoms with E-state index in [0.717, 1.165) is 29.8 Å². The third-order valence-electron chi connectivity index (χ3n) is 4.45. The van der Waals surface area contributed by atoms with Crippen LogP contribution in [0.15, 0.2) is 42.5 Å². The van der Waals surface area contributed by atoms with Crippen molar-refractivity contribution in [3.05, 3.63) is 71.1 Å². The van der Waals surface area contributed by atoms with Crippen molar-refractivity contribution in [3.8, 4) is 11.4 Å². The molecule has 3 aromatic rings. The van der Waals surface area contributed by atoms with E-state index in [1.165, 1.54) is 16.8 Å². The van der Waals surface area contributed by atoms with Crippen molar-refractivity contribution in [2.24, 2.45) is 0 Å². The van der Waals surface area contributed by atoms with Gasteiger partial charge in [0.05, 0.1) is 11.4 Å². The van der Waals surface area contributed by atoms with Gasteiger partial charge in [0.1, 0.15) is 5.75 Å². The molecule has 1 heterocycles. The van der Waals surface area contributed by atoms with E-state index in [-0.39, 0.29) is 17.1 Å². The molecule has 0 radical (unpaired) electrons. The number of phenolic OH excluding ortho intramolecular Hbond substituents is 1. The number of aromatic nitrogens is 2. The van der Waals surface area contributed by atoms with Crippen molar-refractivity contribution < 1.29 is 18.7 Å². The number of nitrogens with zero attached hydrogens (tertiary/aromatic N) is 2. The quantitative estimate of drug-likeness (QED) is 0.706. The predicted octanol–water partition coefficient (Wildman–Crippen LogP) is 3.60. The lowest BCUT2D eigenvalue weighted by molar-refractivity contribution is 0.102. The Hall–Kier alpha value is -3.22. The number of aromatic hydroxyl groups is 1. The van der Waals surface area contributed by atoms with E-state index in [2.05, 4.69) is 10.4 Å². The molecule has 2 aromatic carbocycles. The molecule has 0 saturated carbocycles. The van der Waals surface area contributed by atoms with Crippen LogP contribution in [-0.4, -0.2) is 20.8 Å². The fourth-order valence-electron chi connectivity index (χ4n) is 3.21. The molecule has 0 saturated heterocycles. The number of fused-ring (bicyclic) bond motifs is 1. The van der Waals surface area contributed by atoms with Crippen LogP contribution in [0.25, 0.3) is 5.69 Å². The van der Waals surface area contributed by atoms with Gasteiger partial charge in [0.15, 0.2) is 17.3 Å². The number of carbonyl (C=O) groups is 1. The minimum atomic E-state index is -0.968. The number of hydrogen-bond acceptors (Lipinski definition) is 3. The van der Waals surface area contributed by atoms with Crippen molar-refractivity contribution in [1.82, 2.24) is 9.78 Å². The number of amides is 1. The SMILES string of the molecule is O=C(Nc1ccccc1O)c1nn(-c2ccc(F)c(F)c2)c2c1CCC2. The van der Waals surface area contributed by atoms with Gasteiger partial charge in [-0.05, 0) is 43.5 Å². The molecular weight excluding hydrogens is 340 g/mol. The van der Waals surface area contributed by atoms with Gasteiger partial charge in [0.2, 0.25) is 0 Å². The molecule has 0 bridgehead atoms. The summed E-state index contributed by atoms with van der Waals surface area (Å²) < 4.78 is 28.3. The molecule has 26 heavy (non-hydrogen) atoms. The van der Waals surface area contributed by atoms with E-state index in [0.29, 0.717) is 18.5 Å². The van der Waals surface area contributed by atoms with Gasteiger partial charge in [-0.25, -0.2) is 13.5 Å². The van der Waals surface area contributed by atoms with Gasteiger partial charge in [0.25, 0.3) is 5.91 Å². The van der Waals surface area contributed by atoms with Crippen LogP contribution >= 0.6 is 0 Å². The number of hydrogen-bond donors (Lipinski definition) is 2. The Morgan fingerprint density at radius 2 is 1.92 bits per heavy atom. The highest BCUT2D eigenvalue weighted by Crippen LogP contribution is 2.29. The van der Waals surface area contributed by atoms with Crippen LogP contribution in [0.4, 0.5) is 14.5 Å². The Morgan fingerprint density at radius 3 is 2.69 bits per heavy atom. The van der Waals surface area contributed by atoms with Crippen molar-refractivity contribution in [2.75, 3.05) is 5.32 Å². The van der Waals surface area contributed by atoms with Crippen molar-refractivity contribution in [2.45, 2.75) is 19.3 Å². The lowest BCUT2D eigenvalue weighted by Crippen LogP contribution is -2.15. The summed E-state index contributed by atoms with van der Waals surface area (Å²) in [4.78, 5) is 12.7. The highest BCUT2D eigenvalue weighted by Gasteiger charge is 2.27. The molecule has 1 aliphatic rings. The zero-order chi connectivity index (χ0) is 18.3. The van der Waals surface area contributed by atoms with Gasteiger partial charge in [-0.15, -0.1) is 0 Å². The number of phenols is 1. The Labute approximate surface area is 147 Å². The van der Waals surface area contributed by atoms with Crippen LogP contribution in [0, 0.1) is 11.6 Å². The highest BCUT2D eigenvalue weighted by molar-refractivity contribution is 6.05. The van der Waals surface area contributed by atoms with Gasteiger partial charge in [-0.1, -0.05) is 12.1 Å². The normalized spacial score (nSPS) is 12.8. The summed E-state index contributed by atoms with van der Waals surface area (Å²) in [6.45, 7) is 0. The van der Waals surface area contributed by atoms with Crippen LogP contribution in [0.1, 0.15) is 28.2 Å². The first kappa shape index (κ1) is 16.3. The third-order valence-corrected chi connectivity index (χ3v) is 4.45. The average Bonchev–Trinajstić information content (AvgIpc) is 3.22. The van der Waals surface area contributed by atoms with Crippen molar-refractivity contribution in [1.29, 1.82) is 0 Å². The summed E-state index contributed by atoms with van der Waals surface area (Å²) >= 11 is 0. The smallest absolute Gasteiger partial charge is 0.276 e. The molecule has 0 aliphatic heterocycles. The summed E-state index contributed by atoms with van der Waals surface area (Å²) in [6, 6.07) is 9.93. The Balaban J connectivity index is 1.73. The van der Waals surface area contributed by atoms with Crippen molar-refractivity contribution in [3.63, 3.8) is 0 Å². The van der Waals surface area contributed by atoms with Crippen molar-refractivity contribution >= 4 is 11.6 Å². The number of rotatable bonds is 3. The molecule has 4 rings (SSSR count). The molecule has 2 N–H and O–H groups in total. The lowest BCUT2D eigenvalue weighted by Gasteiger charge is -2.07. The molecule has 0 unspecified atom stereocenters. The van der Waals surface area contributed by atoms with Crippen LogP contribution in [0.5, 0.6) is 5.75 Å². The molecule has 1 aromatic heterocycles. The average molecular weight is 355 g/mol. The van der Waals surface area contributed by atoms with Crippen LogP contribution < -0.4 is 5.32 Å². The predicted molar refractivity (Wildman–Crippen MR) is 91.6 cm³/mol. The molecule has 132 valence electrons. The first-order valence-corrected chi connectivity index (χ1v) is 8.20. The topological polar surface area (TPSA) is 67.2 Å². The Bertz CT molecular complexity index is 1010. The first-order chi connectivity index (χ1) is 12.5. The fourth-order valence-corrected chi connectivity index (χ4v) is 3.21. The zero-order valence-corrected chi connectivity index (χ0v) is 13.7. The zero-order valence-electron chi connectivity index (χ0n) is 13.7. The third kappa shape index (κ3) is 2.71. The van der Waals surface area contributed by atoms with Gasteiger partial charge in [0, 0.05) is 17.3 Å². The van der Waals surface area contributed by atoms with E-state index in [1.54, 1.807) is 18.2 Å². The number of anilines is 1. The number of benzene rings is 2. The summed E-state index contributed by atoms with van der Waals surface area (Å²) in [5, 5.41) is 16.8. The number of carbonyl (C=O) groups excluding carboxylic acids is 1. The van der Waals surface area contributed by atoms with Gasteiger partial charge >= 0.3 is 0 Å². The second-order valence-corrected chi connectivity index (χ2v) is 6.11. The van der Waals surface area contributed by atoms with Gasteiger partial charge in [-0.3, -0.25) is 4.79 Å². The van der Waals surface area contributed by atoms with Crippen LogP contribution in [-0.2, 0) is 12.8 Å². The maximum atomic E-state index is 13.6. The van der Waals surface area contributed by atoms with Gasteiger partial charge < -0.3 is 10.4 Å². The lowest BCUT2D eigenvalue weighted by atomic mass is 10.2. The Kier molecular flexibility index (Phi) is 3.91. The minimum absolute atomic E-state index is 0.0440. The molecule has 0 fully saturated rings. The molecule has 7 heteroatoms. The first-order valence-electron chi connectivity index (χ1n) is 8.20. The number of halogens is 2. The van der Waals surface area contributed by atoms with E-state index < -0.39 is 17.5 Å². The summed E-state index contributed by atoms with van der Waals surface area (Å²) in [5.74, 6) is -2.40. The standard InChI is InChI=1S/C19H15F2N3O2/c20-13-9-8-11(10-14(13)21)24-16-6-3-4-12(16)18(23-24)19(26)22-15-5-1-2-7-17(15)25/h1-2,5,7-10,25H,3-4,6H2,(H,22,26). The van der Waals surface area contributed by atoms with E-state index >= 15 is 0 Å². The highest BCUT2D eigenvalue weighted by atomic mass is 19.2. The molecule has 1 aliphatic carbocycles. The minimum Gasteiger partial charge on any atom is -0.506 e. The van der Waals surface area contributed by atoms with Crippen LogP contribution in [0.2, 0.25) is 0 Å². The molecule has 5 nitrogen and oxygen atoms in total. The second-order valence-electron chi connectivity index (χ2n) is 6.11. The molecule has 0 atom stereocenters. The monoisotopic (exact) mass is 355 g/mol. The number of nitrogens with one attached hydrogen (secondary N) is 1. The molecule has 1 amide bonds. The largest absolute Gasteiger partial charge is 0.506 e. The molecular formula is C19H15F2N3O2. The summed E-state index contributed by atoms with van der Waals surface area (Å²) in [6.07, 6.45) is 2.24. The van der Waals surface area contributed by atoms with E-state index in [4.69, 9.17) is 0 Å². The van der Waals surface area contributed by atoms with Crippen LogP contribution in [0.3, 0.4) is 0 Å². The molecule has 0 spiro atoms. The Morgan fingerprint density at radius 1 is 1.12 bits per heavy atom. The fraction of sp³-hybridized carbons (Fsp3) is 0.158. The summed E-state index contributed by atoms with van der Waals surface area (Å²) in [7, 11) is 0. The van der Waals surface area contributed by atoms with E-state index in [9.17, 15) is 18.7 Å². The maximum absolute atomic E-state index is 13.6. The second kappa shape index (κ2) is 6.25. The number of para-hydroxylation sites is 2. The summed E-state index contributed by atoms with van der Waals surface area (Å²) in [5.41, 5.74) is 2.49. The van der Waals surface area contributed by atoms with Gasteiger partial charge in [-0.2, -0.15) is 5.10 Å².